The molecule has 0 spiro atoms. The van der Waals surface area contributed by atoms with Gasteiger partial charge in [0.2, 0.25) is 0 Å². The van der Waals surface area contributed by atoms with Crippen molar-refractivity contribution in [1.29, 1.82) is 0 Å². The lowest BCUT2D eigenvalue weighted by Gasteiger charge is -2.26. The molecule has 1 aromatic rings. The molecule has 1 fully saturated rings. The number of thioether (sulfide) groups is 1. The Morgan fingerprint density at radius 2 is 1.90 bits per heavy atom. The first-order chi connectivity index (χ1) is 13.9. The van der Waals surface area contributed by atoms with E-state index < -0.39 is 42.4 Å². The van der Waals surface area contributed by atoms with Crippen molar-refractivity contribution in [2.24, 2.45) is 0 Å². The summed E-state index contributed by atoms with van der Waals surface area (Å²) in [5.74, 6) is -0.546. The maximum atomic E-state index is 13.1. The summed E-state index contributed by atoms with van der Waals surface area (Å²) in [6.45, 7) is 10.0. The number of carbonyl (C=O) groups is 1. The van der Waals surface area contributed by atoms with Gasteiger partial charge in [0.05, 0.1) is 29.6 Å². The highest BCUT2D eigenvalue weighted by Crippen LogP contribution is 2.54. The van der Waals surface area contributed by atoms with E-state index >= 15 is 0 Å². The van der Waals surface area contributed by atoms with Crippen LogP contribution < -0.4 is 11.2 Å². The summed E-state index contributed by atoms with van der Waals surface area (Å²) in [5.41, 5.74) is -0.824. The molecule has 12 heteroatoms. The summed E-state index contributed by atoms with van der Waals surface area (Å²) >= 11 is 1.23. The Kier molecular flexibility index (Phi) is 8.52. The Labute approximate surface area is 179 Å². The minimum Gasteiger partial charge on any atom is -0.456 e. The Morgan fingerprint density at radius 3 is 2.43 bits per heavy atom. The van der Waals surface area contributed by atoms with E-state index in [2.05, 4.69) is 4.98 Å². The third-order valence-electron chi connectivity index (χ3n) is 3.99. The molecule has 0 aliphatic carbocycles. The van der Waals surface area contributed by atoms with Gasteiger partial charge < -0.3 is 18.5 Å². The Morgan fingerprint density at radius 1 is 1.30 bits per heavy atom. The fraction of sp³-hybridized carbons (Fsp3) is 0.722. The Balaban J connectivity index is 2.25. The summed E-state index contributed by atoms with van der Waals surface area (Å²) in [4.78, 5) is 37.8. The SMILES string of the molecule is CC(=O)O[C@@H]1[C@@H](SCP(=O)(OC(C)C)OC(C)C)CO[C@H]1n1cc(C)c(=O)[nH]c1=O. The third kappa shape index (κ3) is 6.55. The van der Waals surface area contributed by atoms with Gasteiger partial charge in [-0.1, -0.05) is 0 Å². The van der Waals surface area contributed by atoms with Crippen LogP contribution in [0.25, 0.3) is 0 Å². The predicted octanol–water partition coefficient (Wildman–Crippen LogP) is 2.41. The van der Waals surface area contributed by atoms with Gasteiger partial charge in [0.1, 0.15) is 0 Å². The van der Waals surface area contributed by atoms with Gasteiger partial charge in [0, 0.05) is 18.7 Å². The second kappa shape index (κ2) is 10.3. The van der Waals surface area contributed by atoms with Crippen LogP contribution in [0, 0.1) is 6.92 Å². The number of ether oxygens (including phenoxy) is 2. The molecule has 1 aliphatic rings. The number of nitrogens with one attached hydrogen (secondary N) is 1. The maximum absolute atomic E-state index is 13.1. The molecule has 0 amide bonds. The van der Waals surface area contributed by atoms with Gasteiger partial charge in [0.15, 0.2) is 12.3 Å². The molecular formula is C18H29N2O8PS. The second-order valence-corrected chi connectivity index (χ2v) is 11.1. The number of aromatic amines is 1. The van der Waals surface area contributed by atoms with Gasteiger partial charge in [-0.15, -0.1) is 11.8 Å². The van der Waals surface area contributed by atoms with Crippen molar-refractivity contribution in [3.63, 3.8) is 0 Å². The van der Waals surface area contributed by atoms with E-state index in [1.54, 1.807) is 34.6 Å². The fourth-order valence-corrected chi connectivity index (χ4v) is 6.84. The van der Waals surface area contributed by atoms with Crippen molar-refractivity contribution < 1.29 is 27.9 Å². The van der Waals surface area contributed by atoms with E-state index in [1.165, 1.54) is 29.4 Å². The molecule has 0 radical (unpaired) electrons. The van der Waals surface area contributed by atoms with Crippen LogP contribution in [-0.4, -0.2) is 51.2 Å². The average molecular weight is 464 g/mol. The molecule has 0 bridgehead atoms. The molecule has 1 aromatic heterocycles. The summed E-state index contributed by atoms with van der Waals surface area (Å²) in [6.07, 6.45) is -0.985. The van der Waals surface area contributed by atoms with Crippen LogP contribution in [0.15, 0.2) is 15.8 Å². The molecule has 0 aromatic carbocycles. The summed E-state index contributed by atoms with van der Waals surface area (Å²) < 4.78 is 36.6. The van der Waals surface area contributed by atoms with Crippen molar-refractivity contribution in [2.45, 2.75) is 71.3 Å². The van der Waals surface area contributed by atoms with Crippen LogP contribution in [0.4, 0.5) is 0 Å². The van der Waals surface area contributed by atoms with Gasteiger partial charge >= 0.3 is 19.3 Å². The molecule has 1 aliphatic heterocycles. The summed E-state index contributed by atoms with van der Waals surface area (Å²) in [6, 6.07) is 0. The minimum atomic E-state index is -3.41. The van der Waals surface area contributed by atoms with E-state index in [9.17, 15) is 18.9 Å². The number of hydrogen-bond acceptors (Lipinski definition) is 9. The summed E-state index contributed by atoms with van der Waals surface area (Å²) in [7, 11) is -3.41. The average Bonchev–Trinajstić information content (AvgIpc) is 2.96. The number of nitrogens with zero attached hydrogens (tertiary/aromatic N) is 1. The zero-order chi connectivity index (χ0) is 22.6. The van der Waals surface area contributed by atoms with E-state index in [-0.39, 0.29) is 24.3 Å². The molecule has 0 saturated carbocycles. The van der Waals surface area contributed by atoms with Gasteiger partial charge in [-0.05, 0) is 34.6 Å². The van der Waals surface area contributed by atoms with Crippen molar-refractivity contribution >= 4 is 25.3 Å². The zero-order valence-corrected chi connectivity index (χ0v) is 19.7. The molecule has 3 atom stereocenters. The van der Waals surface area contributed by atoms with Gasteiger partial charge in [-0.3, -0.25) is 23.7 Å². The molecule has 1 N–H and O–H groups in total. The Hall–Kier alpha value is -1.39. The molecule has 1 saturated heterocycles. The van der Waals surface area contributed by atoms with Crippen LogP contribution in [-0.2, 0) is 27.9 Å². The number of aryl methyl sites for hydroxylation is 1. The summed E-state index contributed by atoms with van der Waals surface area (Å²) in [5, 5.41) is -0.419. The van der Waals surface area contributed by atoms with E-state index in [4.69, 9.17) is 18.5 Å². The topological polar surface area (TPSA) is 126 Å². The number of hydrogen-bond donors (Lipinski definition) is 1. The van der Waals surface area contributed by atoms with Gasteiger partial charge in [-0.2, -0.15) is 0 Å². The first-order valence-corrected chi connectivity index (χ1v) is 12.4. The molecule has 170 valence electrons. The first kappa shape index (κ1) is 24.9. The molecular weight excluding hydrogens is 435 g/mol. The molecule has 2 heterocycles. The highest BCUT2D eigenvalue weighted by atomic mass is 32.2. The first-order valence-electron chi connectivity index (χ1n) is 9.60. The van der Waals surface area contributed by atoms with Gasteiger partial charge in [0.25, 0.3) is 5.56 Å². The third-order valence-corrected chi connectivity index (χ3v) is 8.17. The fourth-order valence-electron chi connectivity index (χ4n) is 2.96. The van der Waals surface area contributed by atoms with Crippen LogP contribution in [0.5, 0.6) is 0 Å². The number of esters is 1. The van der Waals surface area contributed by atoms with Crippen LogP contribution in [0.1, 0.15) is 46.4 Å². The molecule has 0 unspecified atom stereocenters. The molecule has 2 rings (SSSR count). The molecule has 30 heavy (non-hydrogen) atoms. The van der Waals surface area contributed by atoms with Crippen molar-refractivity contribution in [1.82, 2.24) is 9.55 Å². The quantitative estimate of drug-likeness (QED) is 0.433. The van der Waals surface area contributed by atoms with Crippen LogP contribution >= 0.6 is 19.4 Å². The smallest absolute Gasteiger partial charge is 0.340 e. The molecule has 10 nitrogen and oxygen atoms in total. The largest absolute Gasteiger partial charge is 0.456 e. The highest BCUT2D eigenvalue weighted by molar-refractivity contribution is 8.05. The second-order valence-electron chi connectivity index (χ2n) is 7.53. The van der Waals surface area contributed by atoms with E-state index in [0.29, 0.717) is 5.56 Å². The number of rotatable bonds is 9. The van der Waals surface area contributed by atoms with Crippen LogP contribution in [0.2, 0.25) is 0 Å². The van der Waals surface area contributed by atoms with Crippen molar-refractivity contribution in [2.75, 3.05) is 12.1 Å². The maximum Gasteiger partial charge on any atom is 0.340 e. The number of carbonyl (C=O) groups excluding carboxylic acids is 1. The van der Waals surface area contributed by atoms with Crippen molar-refractivity contribution in [3.05, 3.63) is 32.6 Å². The lowest BCUT2D eigenvalue weighted by molar-refractivity contribution is -0.151. The van der Waals surface area contributed by atoms with E-state index in [0.717, 1.165) is 0 Å². The standard InChI is InChI=1S/C18H29N2O8PS/c1-10(2)27-29(24,28-11(3)4)9-30-14-8-25-17(15(14)26-13(6)21)20-7-12(5)16(22)19-18(20)23/h7,10-11,14-15,17H,8-9H2,1-6H3,(H,19,22,23)/t14-,15+,17+/m0/s1. The Bertz CT molecular complexity index is 898. The van der Waals surface area contributed by atoms with E-state index in [1.807, 2.05) is 0 Å². The zero-order valence-electron chi connectivity index (χ0n) is 17.9. The lowest BCUT2D eigenvalue weighted by Crippen LogP contribution is -2.39. The van der Waals surface area contributed by atoms with Crippen LogP contribution in [0.3, 0.4) is 0 Å². The highest BCUT2D eigenvalue weighted by Gasteiger charge is 2.43. The number of aromatic nitrogens is 2. The monoisotopic (exact) mass is 464 g/mol. The van der Waals surface area contributed by atoms with Crippen molar-refractivity contribution in [3.8, 4) is 0 Å². The predicted molar refractivity (Wildman–Crippen MR) is 113 cm³/mol. The van der Waals surface area contributed by atoms with Gasteiger partial charge in [-0.25, -0.2) is 4.79 Å². The minimum absolute atomic E-state index is 0.0292. The normalized spacial score (nSPS) is 22.1. The lowest BCUT2D eigenvalue weighted by atomic mass is 10.2. The number of H-pyrrole nitrogens is 1.